The van der Waals surface area contributed by atoms with Crippen LogP contribution in [0, 0.1) is 0 Å². The van der Waals surface area contributed by atoms with Crippen LogP contribution in [0.2, 0.25) is 0 Å². The molecule has 0 radical (unpaired) electrons. The van der Waals surface area contributed by atoms with Crippen LogP contribution >= 0.6 is 0 Å². The summed E-state index contributed by atoms with van der Waals surface area (Å²) in [6.07, 6.45) is 3.99. The van der Waals surface area contributed by atoms with Crippen molar-refractivity contribution in [1.82, 2.24) is 15.5 Å². The van der Waals surface area contributed by atoms with E-state index in [-0.39, 0.29) is 5.54 Å². The van der Waals surface area contributed by atoms with Crippen LogP contribution in [-0.2, 0) is 11.3 Å². The van der Waals surface area contributed by atoms with Gasteiger partial charge in [0, 0.05) is 38.0 Å². The van der Waals surface area contributed by atoms with Crippen LogP contribution in [0.1, 0.15) is 45.6 Å². The summed E-state index contributed by atoms with van der Waals surface area (Å²) in [4.78, 5) is 7.37. The molecular weight excluding hydrogens is 350 g/mol. The number of hydrogen-bond donors (Lipinski definition) is 3. The molecule has 3 N–H and O–H groups in total. The Hall–Kier alpha value is -1.79. The smallest absolute Gasteiger partial charge is 0.191 e. The lowest BCUT2D eigenvalue weighted by Crippen LogP contribution is -2.54. The molecule has 0 saturated carbocycles. The molecule has 1 aliphatic rings. The van der Waals surface area contributed by atoms with Crippen LogP contribution in [0.4, 0.5) is 5.69 Å². The van der Waals surface area contributed by atoms with Gasteiger partial charge in [-0.25, -0.2) is 4.99 Å². The molecule has 0 amide bonds. The van der Waals surface area contributed by atoms with Gasteiger partial charge in [-0.05, 0) is 64.4 Å². The number of methoxy groups -OCH3 is 1. The van der Waals surface area contributed by atoms with Crippen LogP contribution < -0.4 is 16.0 Å². The van der Waals surface area contributed by atoms with Gasteiger partial charge >= 0.3 is 0 Å². The van der Waals surface area contributed by atoms with Crippen LogP contribution in [0.15, 0.2) is 29.3 Å². The molecule has 2 rings (SSSR count). The summed E-state index contributed by atoms with van der Waals surface area (Å²) in [7, 11) is 1.71. The molecule has 28 heavy (non-hydrogen) atoms. The molecule has 0 aliphatic carbocycles. The van der Waals surface area contributed by atoms with Crippen molar-refractivity contribution in [2.75, 3.05) is 51.8 Å². The van der Waals surface area contributed by atoms with E-state index in [4.69, 9.17) is 9.73 Å². The average molecular weight is 390 g/mol. The van der Waals surface area contributed by atoms with E-state index in [1.165, 1.54) is 37.9 Å². The molecule has 1 saturated heterocycles. The highest BCUT2D eigenvalue weighted by Gasteiger charge is 2.27. The maximum absolute atomic E-state index is 5.06. The Labute approximate surface area is 171 Å². The second kappa shape index (κ2) is 11.9. The molecule has 0 spiro atoms. The summed E-state index contributed by atoms with van der Waals surface area (Å²) >= 11 is 0. The lowest BCUT2D eigenvalue weighted by Gasteiger charge is -2.41. The van der Waals surface area contributed by atoms with Crippen molar-refractivity contribution in [3.8, 4) is 0 Å². The second-order valence-electron chi connectivity index (χ2n) is 8.03. The number of nitrogens with one attached hydrogen (secondary N) is 3. The van der Waals surface area contributed by atoms with Gasteiger partial charge in [0.1, 0.15) is 0 Å². The number of aliphatic imine (C=N–C) groups is 1. The fraction of sp³-hybridized carbons (Fsp3) is 0.682. The molecule has 158 valence electrons. The highest BCUT2D eigenvalue weighted by molar-refractivity contribution is 5.79. The number of hydrogen-bond acceptors (Lipinski definition) is 4. The third-order valence-corrected chi connectivity index (χ3v) is 5.25. The van der Waals surface area contributed by atoms with E-state index in [0.717, 1.165) is 31.3 Å². The Morgan fingerprint density at radius 2 is 1.82 bits per heavy atom. The molecule has 1 fully saturated rings. The number of anilines is 1. The predicted octanol–water partition coefficient (Wildman–Crippen LogP) is 3.06. The third-order valence-electron chi connectivity index (χ3n) is 5.25. The number of rotatable bonds is 10. The molecule has 6 nitrogen and oxygen atoms in total. The number of likely N-dealkylation sites (tertiary alicyclic amines) is 1. The van der Waals surface area contributed by atoms with E-state index in [2.05, 4.69) is 65.9 Å². The normalized spacial score (nSPS) is 16.1. The Morgan fingerprint density at radius 3 is 2.46 bits per heavy atom. The fourth-order valence-electron chi connectivity index (χ4n) is 3.45. The molecule has 1 aromatic carbocycles. The van der Waals surface area contributed by atoms with Crippen molar-refractivity contribution in [3.63, 3.8) is 0 Å². The maximum Gasteiger partial charge on any atom is 0.191 e. The molecule has 1 aliphatic heterocycles. The van der Waals surface area contributed by atoms with E-state index in [1.807, 2.05) is 0 Å². The van der Waals surface area contributed by atoms with Crippen LogP contribution in [0.25, 0.3) is 0 Å². The summed E-state index contributed by atoms with van der Waals surface area (Å²) in [5, 5.41) is 10.2. The van der Waals surface area contributed by atoms with E-state index in [1.54, 1.807) is 7.11 Å². The summed E-state index contributed by atoms with van der Waals surface area (Å²) in [5.74, 6) is 0.884. The summed E-state index contributed by atoms with van der Waals surface area (Å²) in [5.41, 5.74) is 2.44. The molecule has 0 aromatic heterocycles. The van der Waals surface area contributed by atoms with E-state index in [0.29, 0.717) is 13.2 Å². The largest absolute Gasteiger partial charge is 0.383 e. The Balaban J connectivity index is 1.87. The maximum atomic E-state index is 5.06. The van der Waals surface area contributed by atoms with Crippen molar-refractivity contribution >= 4 is 11.6 Å². The highest BCUT2D eigenvalue weighted by atomic mass is 16.5. The second-order valence-corrected chi connectivity index (χ2v) is 8.03. The molecule has 0 atom stereocenters. The quantitative estimate of drug-likeness (QED) is 0.326. The van der Waals surface area contributed by atoms with Gasteiger partial charge in [0.05, 0.1) is 13.2 Å². The monoisotopic (exact) mass is 389 g/mol. The van der Waals surface area contributed by atoms with Crippen molar-refractivity contribution in [2.24, 2.45) is 4.99 Å². The van der Waals surface area contributed by atoms with Crippen molar-refractivity contribution in [1.29, 1.82) is 0 Å². The molecule has 1 heterocycles. The number of nitrogens with zero attached hydrogens (tertiary/aromatic N) is 2. The number of ether oxygens (including phenoxy) is 1. The standard InChI is InChI=1S/C22H39N5O/c1-5-23-21(26-18-22(2,3)27-14-7-6-8-15-27)25-17-19-9-11-20(12-10-19)24-13-16-28-4/h9-12,24H,5-8,13-18H2,1-4H3,(H2,23,25,26). The SMILES string of the molecule is CCNC(=NCc1ccc(NCCOC)cc1)NCC(C)(C)N1CCCCC1. The minimum absolute atomic E-state index is 0.131. The zero-order valence-electron chi connectivity index (χ0n) is 18.2. The molecule has 1 aromatic rings. The summed E-state index contributed by atoms with van der Waals surface area (Å²) < 4.78 is 5.06. The molecule has 0 bridgehead atoms. The Bertz CT molecular complexity index is 579. The molecule has 0 unspecified atom stereocenters. The van der Waals surface area contributed by atoms with Crippen LogP contribution in [-0.4, -0.2) is 62.8 Å². The minimum atomic E-state index is 0.131. The van der Waals surface area contributed by atoms with E-state index in [9.17, 15) is 0 Å². The van der Waals surface area contributed by atoms with Gasteiger partial charge < -0.3 is 20.7 Å². The van der Waals surface area contributed by atoms with Crippen molar-refractivity contribution in [3.05, 3.63) is 29.8 Å². The average Bonchev–Trinajstić information content (AvgIpc) is 2.72. The van der Waals surface area contributed by atoms with Gasteiger partial charge in [0.15, 0.2) is 5.96 Å². The minimum Gasteiger partial charge on any atom is -0.383 e. The first-order chi connectivity index (χ1) is 13.5. The molecular formula is C22H39N5O. The zero-order chi connectivity index (χ0) is 20.2. The van der Waals surface area contributed by atoms with Gasteiger partial charge in [0.2, 0.25) is 0 Å². The molecule has 6 heteroatoms. The summed E-state index contributed by atoms with van der Waals surface area (Å²) in [6.45, 7) is 13.1. The predicted molar refractivity (Wildman–Crippen MR) is 119 cm³/mol. The van der Waals surface area contributed by atoms with E-state index >= 15 is 0 Å². The lowest BCUT2D eigenvalue weighted by atomic mass is 9.98. The van der Waals surface area contributed by atoms with Crippen molar-refractivity contribution in [2.45, 2.75) is 52.1 Å². The first-order valence-corrected chi connectivity index (χ1v) is 10.6. The summed E-state index contributed by atoms with van der Waals surface area (Å²) in [6, 6.07) is 8.44. The van der Waals surface area contributed by atoms with Gasteiger partial charge in [-0.2, -0.15) is 0 Å². The Morgan fingerprint density at radius 1 is 1.11 bits per heavy atom. The van der Waals surface area contributed by atoms with Crippen LogP contribution in [0.3, 0.4) is 0 Å². The third kappa shape index (κ3) is 7.68. The Kier molecular flexibility index (Phi) is 9.58. The van der Waals surface area contributed by atoms with Gasteiger partial charge in [-0.15, -0.1) is 0 Å². The number of benzene rings is 1. The fourth-order valence-corrected chi connectivity index (χ4v) is 3.45. The number of piperidine rings is 1. The number of guanidine groups is 1. The van der Waals surface area contributed by atoms with Gasteiger partial charge in [-0.3, -0.25) is 4.90 Å². The highest BCUT2D eigenvalue weighted by Crippen LogP contribution is 2.19. The topological polar surface area (TPSA) is 60.9 Å². The zero-order valence-corrected chi connectivity index (χ0v) is 18.2. The van der Waals surface area contributed by atoms with Gasteiger partial charge in [0.25, 0.3) is 0 Å². The van der Waals surface area contributed by atoms with Gasteiger partial charge in [-0.1, -0.05) is 18.6 Å². The lowest BCUT2D eigenvalue weighted by molar-refractivity contribution is 0.0982. The first kappa shape index (κ1) is 22.5. The van der Waals surface area contributed by atoms with E-state index < -0.39 is 0 Å². The van der Waals surface area contributed by atoms with Crippen molar-refractivity contribution < 1.29 is 4.74 Å². The first-order valence-electron chi connectivity index (χ1n) is 10.6. The van der Waals surface area contributed by atoms with Crippen LogP contribution in [0.5, 0.6) is 0 Å².